The summed E-state index contributed by atoms with van der Waals surface area (Å²) in [7, 11) is 0. The molecule has 0 aliphatic rings. The number of hydrogen-bond donors (Lipinski definition) is 2. The molecule has 0 saturated heterocycles. The highest BCUT2D eigenvalue weighted by molar-refractivity contribution is 5.33. The van der Waals surface area contributed by atoms with E-state index in [0.717, 1.165) is 24.2 Å². The lowest BCUT2D eigenvalue weighted by Gasteiger charge is -2.24. The summed E-state index contributed by atoms with van der Waals surface area (Å²) >= 11 is 0. The van der Waals surface area contributed by atoms with Gasteiger partial charge in [-0.1, -0.05) is 6.92 Å². The lowest BCUT2D eigenvalue weighted by Crippen LogP contribution is -2.32. The van der Waals surface area contributed by atoms with Crippen molar-refractivity contribution in [1.29, 1.82) is 0 Å². The SMILES string of the molecule is CCC(CCO)NC(C)c1c(C)cc(C)nc1C. The number of nitrogens with zero attached hydrogens (tertiary/aromatic N) is 1. The fraction of sp³-hybridized carbons (Fsp3) is 0.667. The summed E-state index contributed by atoms with van der Waals surface area (Å²) in [5.74, 6) is 0. The minimum atomic E-state index is 0.238. The molecule has 0 aromatic carbocycles. The minimum absolute atomic E-state index is 0.238. The first kappa shape index (κ1) is 15.1. The predicted molar refractivity (Wildman–Crippen MR) is 75.8 cm³/mol. The van der Waals surface area contributed by atoms with E-state index < -0.39 is 0 Å². The van der Waals surface area contributed by atoms with Gasteiger partial charge in [-0.15, -0.1) is 0 Å². The van der Waals surface area contributed by atoms with Crippen LogP contribution >= 0.6 is 0 Å². The van der Waals surface area contributed by atoms with E-state index in [4.69, 9.17) is 5.11 Å². The molecule has 1 aromatic heterocycles. The standard InChI is InChI=1S/C15H26N2O/c1-6-14(7-8-18)17-13(5)15-10(2)9-11(3)16-12(15)4/h9,13-14,17-18H,6-8H2,1-5H3. The van der Waals surface area contributed by atoms with E-state index in [9.17, 15) is 0 Å². The smallest absolute Gasteiger partial charge is 0.0445 e. The van der Waals surface area contributed by atoms with Crippen LogP contribution < -0.4 is 5.32 Å². The molecule has 3 heteroatoms. The molecule has 0 bridgehead atoms. The minimum Gasteiger partial charge on any atom is -0.396 e. The quantitative estimate of drug-likeness (QED) is 0.816. The van der Waals surface area contributed by atoms with Gasteiger partial charge in [0.15, 0.2) is 0 Å². The molecule has 1 rings (SSSR count). The van der Waals surface area contributed by atoms with Crippen molar-refractivity contribution in [2.75, 3.05) is 6.61 Å². The maximum atomic E-state index is 9.04. The summed E-state index contributed by atoms with van der Waals surface area (Å²) in [5, 5.41) is 12.6. The number of aliphatic hydroxyl groups excluding tert-OH is 1. The number of aliphatic hydroxyl groups is 1. The highest BCUT2D eigenvalue weighted by atomic mass is 16.3. The Kier molecular flexibility index (Phi) is 5.76. The molecule has 2 unspecified atom stereocenters. The van der Waals surface area contributed by atoms with Gasteiger partial charge in [-0.3, -0.25) is 4.98 Å². The van der Waals surface area contributed by atoms with Crippen molar-refractivity contribution in [3.8, 4) is 0 Å². The van der Waals surface area contributed by atoms with Crippen molar-refractivity contribution in [1.82, 2.24) is 10.3 Å². The van der Waals surface area contributed by atoms with Crippen LogP contribution in [0.15, 0.2) is 6.07 Å². The Morgan fingerprint density at radius 2 is 2.00 bits per heavy atom. The highest BCUT2D eigenvalue weighted by Gasteiger charge is 2.16. The van der Waals surface area contributed by atoms with Crippen molar-refractivity contribution in [3.63, 3.8) is 0 Å². The molecule has 2 atom stereocenters. The van der Waals surface area contributed by atoms with Gasteiger partial charge in [0.2, 0.25) is 0 Å². The van der Waals surface area contributed by atoms with E-state index in [1.54, 1.807) is 0 Å². The normalized spacial score (nSPS) is 14.6. The number of nitrogens with one attached hydrogen (secondary N) is 1. The maximum Gasteiger partial charge on any atom is 0.0445 e. The maximum absolute atomic E-state index is 9.04. The average Bonchev–Trinajstić information content (AvgIpc) is 2.26. The summed E-state index contributed by atoms with van der Waals surface area (Å²) in [6.07, 6.45) is 1.83. The van der Waals surface area contributed by atoms with E-state index in [1.807, 2.05) is 6.92 Å². The molecule has 0 aliphatic carbocycles. The van der Waals surface area contributed by atoms with Crippen LogP contribution in [0, 0.1) is 20.8 Å². The second-order valence-electron chi connectivity index (χ2n) is 5.09. The largest absolute Gasteiger partial charge is 0.396 e. The van der Waals surface area contributed by atoms with Gasteiger partial charge >= 0.3 is 0 Å². The fourth-order valence-corrected chi connectivity index (χ4v) is 2.69. The number of aryl methyl sites for hydroxylation is 3. The third kappa shape index (κ3) is 3.79. The van der Waals surface area contributed by atoms with Crippen LogP contribution in [0.3, 0.4) is 0 Å². The second-order valence-corrected chi connectivity index (χ2v) is 5.09. The number of rotatable bonds is 6. The molecular weight excluding hydrogens is 224 g/mol. The zero-order valence-corrected chi connectivity index (χ0v) is 12.2. The third-order valence-electron chi connectivity index (χ3n) is 3.47. The summed E-state index contributed by atoms with van der Waals surface area (Å²) in [6, 6.07) is 2.77. The molecule has 18 heavy (non-hydrogen) atoms. The molecule has 2 N–H and O–H groups in total. The number of aromatic nitrogens is 1. The Hall–Kier alpha value is -0.930. The average molecular weight is 250 g/mol. The van der Waals surface area contributed by atoms with Gasteiger partial charge in [-0.2, -0.15) is 0 Å². The Balaban J connectivity index is 2.86. The van der Waals surface area contributed by atoms with E-state index in [1.165, 1.54) is 11.1 Å². The van der Waals surface area contributed by atoms with Crippen LogP contribution in [0.2, 0.25) is 0 Å². The lowest BCUT2D eigenvalue weighted by molar-refractivity contribution is 0.257. The first-order valence-electron chi connectivity index (χ1n) is 6.81. The summed E-state index contributed by atoms with van der Waals surface area (Å²) in [6.45, 7) is 10.8. The van der Waals surface area contributed by atoms with E-state index in [0.29, 0.717) is 6.04 Å². The van der Waals surface area contributed by atoms with E-state index in [-0.39, 0.29) is 12.6 Å². The molecule has 0 fully saturated rings. The number of hydrogen-bond acceptors (Lipinski definition) is 3. The molecule has 1 heterocycles. The molecular formula is C15H26N2O. The van der Waals surface area contributed by atoms with Crippen LogP contribution in [0.1, 0.15) is 55.2 Å². The lowest BCUT2D eigenvalue weighted by atomic mass is 9.99. The molecule has 0 saturated carbocycles. The van der Waals surface area contributed by atoms with Gasteiger partial charge in [-0.25, -0.2) is 0 Å². The highest BCUT2D eigenvalue weighted by Crippen LogP contribution is 2.22. The van der Waals surface area contributed by atoms with Crippen LogP contribution in [0.4, 0.5) is 0 Å². The van der Waals surface area contributed by atoms with Gasteiger partial charge in [0, 0.05) is 30.1 Å². The Morgan fingerprint density at radius 1 is 1.33 bits per heavy atom. The van der Waals surface area contributed by atoms with Crippen molar-refractivity contribution in [2.45, 2.75) is 59.5 Å². The fourth-order valence-electron chi connectivity index (χ4n) is 2.69. The van der Waals surface area contributed by atoms with Crippen LogP contribution in [0.25, 0.3) is 0 Å². The van der Waals surface area contributed by atoms with E-state index in [2.05, 4.69) is 44.1 Å². The molecule has 0 amide bonds. The molecule has 1 aromatic rings. The molecule has 3 nitrogen and oxygen atoms in total. The third-order valence-corrected chi connectivity index (χ3v) is 3.47. The zero-order chi connectivity index (χ0) is 13.7. The first-order chi connectivity index (χ1) is 8.49. The zero-order valence-electron chi connectivity index (χ0n) is 12.2. The summed E-state index contributed by atoms with van der Waals surface area (Å²) in [4.78, 5) is 4.55. The van der Waals surface area contributed by atoms with Crippen molar-refractivity contribution in [2.24, 2.45) is 0 Å². The second kappa shape index (κ2) is 6.86. The Bertz CT molecular complexity index is 367. The van der Waals surface area contributed by atoms with Crippen LogP contribution in [-0.4, -0.2) is 22.7 Å². The Morgan fingerprint density at radius 3 is 2.50 bits per heavy atom. The Labute approximate surface area is 111 Å². The molecule has 0 aliphatic heterocycles. The van der Waals surface area contributed by atoms with Crippen molar-refractivity contribution >= 4 is 0 Å². The van der Waals surface area contributed by atoms with Gasteiger partial charge < -0.3 is 10.4 Å². The number of pyridine rings is 1. The first-order valence-corrected chi connectivity index (χ1v) is 6.81. The van der Waals surface area contributed by atoms with Crippen LogP contribution in [0.5, 0.6) is 0 Å². The molecule has 0 radical (unpaired) electrons. The van der Waals surface area contributed by atoms with Gasteiger partial charge in [0.25, 0.3) is 0 Å². The molecule has 102 valence electrons. The predicted octanol–water partition coefficient (Wildman–Crippen LogP) is 2.82. The van der Waals surface area contributed by atoms with Crippen LogP contribution in [-0.2, 0) is 0 Å². The molecule has 0 spiro atoms. The van der Waals surface area contributed by atoms with Gasteiger partial charge in [0.05, 0.1) is 0 Å². The summed E-state index contributed by atoms with van der Waals surface area (Å²) < 4.78 is 0. The van der Waals surface area contributed by atoms with Crippen molar-refractivity contribution < 1.29 is 5.11 Å². The summed E-state index contributed by atoms with van der Waals surface area (Å²) in [5.41, 5.74) is 4.76. The topological polar surface area (TPSA) is 45.1 Å². The monoisotopic (exact) mass is 250 g/mol. The van der Waals surface area contributed by atoms with E-state index >= 15 is 0 Å². The van der Waals surface area contributed by atoms with Gasteiger partial charge in [-0.05, 0) is 57.7 Å². The van der Waals surface area contributed by atoms with Crippen molar-refractivity contribution in [3.05, 3.63) is 28.6 Å². The van der Waals surface area contributed by atoms with Gasteiger partial charge in [0.1, 0.15) is 0 Å².